The first kappa shape index (κ1) is 16.7. The van der Waals surface area contributed by atoms with E-state index in [9.17, 15) is 4.79 Å². The number of carbonyl (C=O) groups excluding carboxylic acids is 1. The van der Waals surface area contributed by atoms with Gasteiger partial charge in [0.2, 0.25) is 5.91 Å². The third-order valence-corrected chi connectivity index (χ3v) is 3.95. The largest absolute Gasteiger partial charge is 0.489 e. The van der Waals surface area contributed by atoms with Crippen LogP contribution < -0.4 is 9.64 Å². The van der Waals surface area contributed by atoms with E-state index in [1.165, 1.54) is 0 Å². The van der Waals surface area contributed by atoms with Crippen LogP contribution in [0.2, 0.25) is 0 Å². The summed E-state index contributed by atoms with van der Waals surface area (Å²) < 4.78 is 5.90. The van der Waals surface area contributed by atoms with Gasteiger partial charge >= 0.3 is 0 Å². The zero-order valence-electron chi connectivity index (χ0n) is 14.0. The number of hydrogen-bond acceptors (Lipinski definition) is 3. The average molecular weight is 304 g/mol. The van der Waals surface area contributed by atoms with Gasteiger partial charge in [0.15, 0.2) is 0 Å². The van der Waals surface area contributed by atoms with Gasteiger partial charge in [-0.15, -0.1) is 0 Å². The maximum Gasteiger partial charge on any atom is 0.222 e. The van der Waals surface area contributed by atoms with Gasteiger partial charge in [0, 0.05) is 32.6 Å². The van der Waals surface area contributed by atoms with Crippen molar-refractivity contribution in [2.24, 2.45) is 0 Å². The van der Waals surface area contributed by atoms with Gasteiger partial charge in [-0.05, 0) is 32.4 Å². The van der Waals surface area contributed by atoms with Crippen LogP contribution in [0.25, 0.3) is 0 Å². The predicted molar refractivity (Wildman–Crippen MR) is 90.5 cm³/mol. The summed E-state index contributed by atoms with van der Waals surface area (Å²) in [5.41, 5.74) is 1.14. The van der Waals surface area contributed by atoms with Gasteiger partial charge in [-0.2, -0.15) is 0 Å². The molecular formula is C18H28N2O2. The molecule has 1 aliphatic heterocycles. The van der Waals surface area contributed by atoms with E-state index >= 15 is 0 Å². The number of para-hydroxylation sites is 2. The zero-order chi connectivity index (χ0) is 15.9. The van der Waals surface area contributed by atoms with Crippen molar-refractivity contribution >= 4 is 11.6 Å². The quantitative estimate of drug-likeness (QED) is 0.808. The topological polar surface area (TPSA) is 32.8 Å². The van der Waals surface area contributed by atoms with E-state index in [1.54, 1.807) is 0 Å². The number of carbonyl (C=O) groups is 1. The molecule has 0 N–H and O–H groups in total. The highest BCUT2D eigenvalue weighted by atomic mass is 16.5. The highest BCUT2D eigenvalue weighted by molar-refractivity contribution is 5.76. The van der Waals surface area contributed by atoms with E-state index in [0.717, 1.165) is 50.5 Å². The summed E-state index contributed by atoms with van der Waals surface area (Å²) in [4.78, 5) is 16.4. The Hall–Kier alpha value is -1.71. The third-order valence-electron chi connectivity index (χ3n) is 3.95. The van der Waals surface area contributed by atoms with Crippen molar-refractivity contribution in [2.45, 2.75) is 46.1 Å². The van der Waals surface area contributed by atoms with Crippen LogP contribution in [-0.2, 0) is 4.79 Å². The molecule has 1 aromatic carbocycles. The first-order valence-electron chi connectivity index (χ1n) is 8.40. The minimum Gasteiger partial charge on any atom is -0.489 e. The van der Waals surface area contributed by atoms with Crippen molar-refractivity contribution in [2.75, 3.05) is 31.1 Å². The SMILES string of the molecule is CCCCC(=O)N1CCN(c2ccccc2OC(C)C)CC1. The molecule has 122 valence electrons. The molecule has 0 unspecified atom stereocenters. The first-order valence-corrected chi connectivity index (χ1v) is 8.40. The van der Waals surface area contributed by atoms with Crippen molar-refractivity contribution in [3.05, 3.63) is 24.3 Å². The predicted octanol–water partition coefficient (Wildman–Crippen LogP) is 3.31. The Bertz CT molecular complexity index is 480. The minimum atomic E-state index is 0.165. The Kier molecular flexibility index (Phi) is 6.10. The lowest BCUT2D eigenvalue weighted by molar-refractivity contribution is -0.131. The van der Waals surface area contributed by atoms with Crippen molar-refractivity contribution in [1.29, 1.82) is 0 Å². The van der Waals surface area contributed by atoms with E-state index < -0.39 is 0 Å². The molecule has 4 heteroatoms. The number of ether oxygens (including phenoxy) is 1. The summed E-state index contributed by atoms with van der Waals surface area (Å²) in [6, 6.07) is 8.17. The van der Waals surface area contributed by atoms with Crippen LogP contribution in [0.4, 0.5) is 5.69 Å². The highest BCUT2D eigenvalue weighted by Crippen LogP contribution is 2.29. The van der Waals surface area contributed by atoms with Crippen LogP contribution in [-0.4, -0.2) is 43.1 Å². The summed E-state index contributed by atoms with van der Waals surface area (Å²) in [6.45, 7) is 9.56. The van der Waals surface area contributed by atoms with E-state index in [2.05, 4.69) is 17.9 Å². The Morgan fingerprint density at radius 2 is 1.86 bits per heavy atom. The van der Waals surface area contributed by atoms with Gasteiger partial charge in [0.05, 0.1) is 11.8 Å². The van der Waals surface area contributed by atoms with Gasteiger partial charge in [-0.25, -0.2) is 0 Å². The van der Waals surface area contributed by atoms with Crippen LogP contribution in [0.1, 0.15) is 40.0 Å². The highest BCUT2D eigenvalue weighted by Gasteiger charge is 2.22. The van der Waals surface area contributed by atoms with E-state index in [4.69, 9.17) is 4.74 Å². The van der Waals surface area contributed by atoms with E-state index in [0.29, 0.717) is 12.3 Å². The number of nitrogens with zero attached hydrogens (tertiary/aromatic N) is 2. The maximum absolute atomic E-state index is 12.1. The lowest BCUT2D eigenvalue weighted by atomic mass is 10.2. The molecule has 0 atom stereocenters. The number of piperazine rings is 1. The van der Waals surface area contributed by atoms with Crippen LogP contribution in [0.3, 0.4) is 0 Å². The molecule has 1 aromatic rings. The number of anilines is 1. The monoisotopic (exact) mass is 304 g/mol. The second kappa shape index (κ2) is 8.06. The number of rotatable bonds is 6. The van der Waals surface area contributed by atoms with Crippen LogP contribution in [0.5, 0.6) is 5.75 Å². The lowest BCUT2D eigenvalue weighted by Crippen LogP contribution is -2.48. The summed E-state index contributed by atoms with van der Waals surface area (Å²) in [5.74, 6) is 1.23. The molecule has 0 aliphatic carbocycles. The molecule has 22 heavy (non-hydrogen) atoms. The molecule has 1 amide bonds. The van der Waals surface area contributed by atoms with Gasteiger partial charge in [-0.3, -0.25) is 4.79 Å². The summed E-state index contributed by atoms with van der Waals surface area (Å²) in [7, 11) is 0. The van der Waals surface area contributed by atoms with Crippen molar-refractivity contribution in [1.82, 2.24) is 4.90 Å². The Morgan fingerprint density at radius 3 is 2.50 bits per heavy atom. The smallest absolute Gasteiger partial charge is 0.222 e. The molecule has 0 spiro atoms. The van der Waals surface area contributed by atoms with Gasteiger partial charge in [0.1, 0.15) is 5.75 Å². The van der Waals surface area contributed by atoms with E-state index in [1.807, 2.05) is 36.9 Å². The van der Waals surface area contributed by atoms with Crippen LogP contribution in [0, 0.1) is 0 Å². The first-order chi connectivity index (χ1) is 10.6. The van der Waals surface area contributed by atoms with E-state index in [-0.39, 0.29) is 6.10 Å². The number of amides is 1. The lowest BCUT2D eigenvalue weighted by Gasteiger charge is -2.37. The van der Waals surface area contributed by atoms with Crippen LogP contribution in [0.15, 0.2) is 24.3 Å². The normalized spacial score (nSPS) is 15.3. The van der Waals surface area contributed by atoms with Crippen molar-refractivity contribution < 1.29 is 9.53 Å². The molecular weight excluding hydrogens is 276 g/mol. The molecule has 0 aromatic heterocycles. The summed E-state index contributed by atoms with van der Waals surface area (Å²) in [5, 5.41) is 0. The molecule has 1 fully saturated rings. The van der Waals surface area contributed by atoms with Gasteiger partial charge in [0.25, 0.3) is 0 Å². The third kappa shape index (κ3) is 4.39. The Morgan fingerprint density at radius 1 is 1.18 bits per heavy atom. The zero-order valence-corrected chi connectivity index (χ0v) is 14.0. The van der Waals surface area contributed by atoms with Crippen LogP contribution >= 0.6 is 0 Å². The Balaban J connectivity index is 1.95. The maximum atomic E-state index is 12.1. The summed E-state index contributed by atoms with van der Waals surface area (Å²) >= 11 is 0. The van der Waals surface area contributed by atoms with Crippen molar-refractivity contribution in [3.8, 4) is 5.75 Å². The average Bonchev–Trinajstić information content (AvgIpc) is 2.53. The number of hydrogen-bond donors (Lipinski definition) is 0. The minimum absolute atomic E-state index is 0.165. The molecule has 4 nitrogen and oxygen atoms in total. The van der Waals surface area contributed by atoms with Gasteiger partial charge in [-0.1, -0.05) is 25.5 Å². The van der Waals surface area contributed by atoms with Crippen molar-refractivity contribution in [3.63, 3.8) is 0 Å². The fourth-order valence-electron chi connectivity index (χ4n) is 2.75. The second-order valence-corrected chi connectivity index (χ2v) is 6.11. The molecule has 0 saturated carbocycles. The number of unbranched alkanes of at least 4 members (excludes halogenated alkanes) is 1. The second-order valence-electron chi connectivity index (χ2n) is 6.11. The summed E-state index contributed by atoms with van der Waals surface area (Å²) in [6.07, 6.45) is 2.91. The standard InChI is InChI=1S/C18H28N2O2/c1-4-5-10-18(21)20-13-11-19(12-14-20)16-8-6-7-9-17(16)22-15(2)3/h6-9,15H,4-5,10-14H2,1-3H3. The fraction of sp³-hybridized carbons (Fsp3) is 0.611. The van der Waals surface area contributed by atoms with Gasteiger partial charge < -0.3 is 14.5 Å². The molecule has 0 bridgehead atoms. The number of benzene rings is 1. The Labute approximate surface area is 134 Å². The molecule has 1 heterocycles. The fourth-order valence-corrected chi connectivity index (χ4v) is 2.75. The molecule has 2 rings (SSSR count). The molecule has 0 radical (unpaired) electrons. The molecule has 1 saturated heterocycles. The molecule has 1 aliphatic rings.